The Morgan fingerprint density at radius 1 is 1.03 bits per heavy atom. The molecule has 0 saturated heterocycles. The molecule has 0 atom stereocenters. The average molecular weight is 508 g/mol. The Morgan fingerprint density at radius 2 is 1.77 bits per heavy atom. The van der Waals surface area contributed by atoms with Gasteiger partial charge in [0.05, 0.1) is 26.2 Å². The van der Waals surface area contributed by atoms with E-state index in [4.69, 9.17) is 21.1 Å². The molecule has 1 heterocycles. The molecule has 35 heavy (non-hydrogen) atoms. The van der Waals surface area contributed by atoms with Gasteiger partial charge in [-0.15, -0.1) is 10.2 Å². The molecule has 8 nitrogen and oxygen atoms in total. The number of amides is 1. The van der Waals surface area contributed by atoms with Crippen molar-refractivity contribution >= 4 is 35.5 Å². The quantitative estimate of drug-likeness (QED) is 0.198. The number of hydrazone groups is 1. The average Bonchev–Trinajstić information content (AvgIpc) is 3.32. The summed E-state index contributed by atoms with van der Waals surface area (Å²) in [7, 11) is 3.17. The lowest BCUT2D eigenvalue weighted by atomic mass is 10.2. The first kappa shape index (κ1) is 24.3. The van der Waals surface area contributed by atoms with E-state index in [0.717, 1.165) is 16.8 Å². The molecule has 4 aromatic rings. The number of carbonyl (C=O) groups is 1. The maximum absolute atomic E-state index is 12.4. The van der Waals surface area contributed by atoms with Crippen molar-refractivity contribution in [3.8, 4) is 28.6 Å². The van der Waals surface area contributed by atoms with Crippen molar-refractivity contribution in [2.24, 2.45) is 5.10 Å². The van der Waals surface area contributed by atoms with Gasteiger partial charge in [0.2, 0.25) is 0 Å². The van der Waals surface area contributed by atoms with Crippen LogP contribution in [0, 0.1) is 0 Å². The molecular weight excluding hydrogens is 486 g/mol. The van der Waals surface area contributed by atoms with Crippen molar-refractivity contribution in [3.63, 3.8) is 0 Å². The highest BCUT2D eigenvalue weighted by Gasteiger charge is 2.18. The van der Waals surface area contributed by atoms with Crippen LogP contribution < -0.4 is 14.9 Å². The summed E-state index contributed by atoms with van der Waals surface area (Å²) in [6.07, 6.45) is 1.56. The van der Waals surface area contributed by atoms with Gasteiger partial charge in [0.25, 0.3) is 5.91 Å². The smallest absolute Gasteiger partial charge is 0.250 e. The third-order valence-corrected chi connectivity index (χ3v) is 6.08. The maximum atomic E-state index is 12.4. The second-order valence-corrected chi connectivity index (χ2v) is 8.56. The molecule has 0 aliphatic heterocycles. The molecule has 0 spiro atoms. The molecular formula is C25H22ClN5O3S. The molecule has 0 saturated carbocycles. The number of para-hydroxylation sites is 1. The summed E-state index contributed by atoms with van der Waals surface area (Å²) < 4.78 is 12.7. The van der Waals surface area contributed by atoms with E-state index in [-0.39, 0.29) is 11.7 Å². The van der Waals surface area contributed by atoms with Gasteiger partial charge in [0, 0.05) is 16.3 Å². The standard InChI is InChI=1S/C25H22ClN5O3S/c1-33-21-13-10-18(14-22(21)34-2)24-29-30-25(31(24)20-6-4-3-5-7-20)35-16-23(32)28-27-15-17-8-11-19(26)12-9-17/h3-15H,16H2,1-2H3,(H,28,32)/b27-15+. The molecule has 1 N–H and O–H groups in total. The van der Waals surface area contributed by atoms with Crippen LogP contribution in [0.4, 0.5) is 0 Å². The number of carbonyl (C=O) groups excluding carboxylic acids is 1. The molecule has 0 aliphatic carbocycles. The van der Waals surface area contributed by atoms with Gasteiger partial charge in [0.15, 0.2) is 22.5 Å². The van der Waals surface area contributed by atoms with Crippen molar-refractivity contribution in [3.05, 3.63) is 83.4 Å². The number of nitrogens with zero attached hydrogens (tertiary/aromatic N) is 4. The molecule has 178 valence electrons. The summed E-state index contributed by atoms with van der Waals surface area (Å²) in [5, 5.41) is 14.0. The number of methoxy groups -OCH3 is 2. The molecule has 0 unspecified atom stereocenters. The molecule has 0 aliphatic rings. The van der Waals surface area contributed by atoms with Crippen molar-refractivity contribution in [1.82, 2.24) is 20.2 Å². The van der Waals surface area contributed by atoms with Crippen LogP contribution in [-0.2, 0) is 4.79 Å². The zero-order chi connectivity index (χ0) is 24.6. The Morgan fingerprint density at radius 3 is 2.49 bits per heavy atom. The Bertz CT molecular complexity index is 1330. The summed E-state index contributed by atoms with van der Waals surface area (Å²) in [4.78, 5) is 12.4. The largest absolute Gasteiger partial charge is 0.493 e. The van der Waals surface area contributed by atoms with Crippen LogP contribution >= 0.6 is 23.4 Å². The van der Waals surface area contributed by atoms with Gasteiger partial charge in [-0.1, -0.05) is 53.7 Å². The minimum absolute atomic E-state index is 0.106. The summed E-state index contributed by atoms with van der Waals surface area (Å²) in [6, 6.07) is 22.4. The lowest BCUT2D eigenvalue weighted by molar-refractivity contribution is -0.118. The molecule has 3 aromatic carbocycles. The minimum atomic E-state index is -0.268. The number of thioether (sulfide) groups is 1. The first-order chi connectivity index (χ1) is 17.1. The predicted molar refractivity (Wildman–Crippen MR) is 138 cm³/mol. The Labute approximate surface area is 211 Å². The van der Waals surface area contributed by atoms with E-state index < -0.39 is 0 Å². The van der Waals surface area contributed by atoms with Crippen molar-refractivity contribution < 1.29 is 14.3 Å². The van der Waals surface area contributed by atoms with Gasteiger partial charge in [-0.3, -0.25) is 9.36 Å². The summed E-state index contributed by atoms with van der Waals surface area (Å²) in [5.41, 5.74) is 5.02. The van der Waals surface area contributed by atoms with Crippen molar-refractivity contribution in [2.45, 2.75) is 5.16 Å². The number of hydrogen-bond acceptors (Lipinski definition) is 7. The van der Waals surface area contributed by atoms with E-state index in [0.29, 0.717) is 27.5 Å². The third kappa shape index (κ3) is 6.00. The van der Waals surface area contributed by atoms with Crippen molar-refractivity contribution in [2.75, 3.05) is 20.0 Å². The zero-order valence-corrected chi connectivity index (χ0v) is 20.6. The van der Waals surface area contributed by atoms with Gasteiger partial charge < -0.3 is 9.47 Å². The molecule has 0 fully saturated rings. The van der Waals surface area contributed by atoms with E-state index in [1.807, 2.05) is 65.2 Å². The zero-order valence-electron chi connectivity index (χ0n) is 19.0. The van der Waals surface area contributed by atoms with E-state index >= 15 is 0 Å². The van der Waals surface area contributed by atoms with Gasteiger partial charge >= 0.3 is 0 Å². The minimum Gasteiger partial charge on any atom is -0.493 e. The molecule has 1 amide bonds. The highest BCUT2D eigenvalue weighted by atomic mass is 35.5. The van der Waals surface area contributed by atoms with E-state index in [1.54, 1.807) is 32.6 Å². The number of nitrogens with one attached hydrogen (secondary N) is 1. The number of hydrogen-bond donors (Lipinski definition) is 1. The van der Waals surface area contributed by atoms with E-state index in [9.17, 15) is 4.79 Å². The molecule has 0 bridgehead atoms. The van der Waals surface area contributed by atoms with Crippen molar-refractivity contribution in [1.29, 1.82) is 0 Å². The fraction of sp³-hybridized carbons (Fsp3) is 0.120. The predicted octanol–water partition coefficient (Wildman–Crippen LogP) is 4.85. The molecule has 4 rings (SSSR count). The third-order valence-electron chi connectivity index (χ3n) is 4.89. The van der Waals surface area contributed by atoms with E-state index in [1.165, 1.54) is 11.8 Å². The number of aromatic nitrogens is 3. The van der Waals surface area contributed by atoms with Crippen LogP contribution in [0.15, 0.2) is 83.1 Å². The van der Waals surface area contributed by atoms with Gasteiger partial charge in [-0.05, 0) is 48.0 Å². The normalized spacial score (nSPS) is 10.9. The highest BCUT2D eigenvalue weighted by Crippen LogP contribution is 2.34. The SMILES string of the molecule is COc1ccc(-c2nnc(SCC(=O)N/N=C/c3ccc(Cl)cc3)n2-c2ccccc2)cc1OC. The summed E-state index contributed by atoms with van der Waals surface area (Å²) in [6.45, 7) is 0. The van der Waals surface area contributed by atoms with E-state index in [2.05, 4.69) is 20.7 Å². The molecule has 10 heteroatoms. The van der Waals surface area contributed by atoms with Gasteiger partial charge in [-0.2, -0.15) is 5.10 Å². The molecule has 0 radical (unpaired) electrons. The monoisotopic (exact) mass is 507 g/mol. The highest BCUT2D eigenvalue weighted by molar-refractivity contribution is 7.99. The first-order valence-corrected chi connectivity index (χ1v) is 11.9. The fourth-order valence-electron chi connectivity index (χ4n) is 3.23. The maximum Gasteiger partial charge on any atom is 0.250 e. The Kier molecular flexibility index (Phi) is 8.02. The van der Waals surface area contributed by atoms with Crippen LogP contribution in [0.2, 0.25) is 5.02 Å². The first-order valence-electron chi connectivity index (χ1n) is 10.5. The van der Waals surface area contributed by atoms with Gasteiger partial charge in [0.1, 0.15) is 0 Å². The topological polar surface area (TPSA) is 90.6 Å². The fourth-order valence-corrected chi connectivity index (χ4v) is 4.10. The number of benzene rings is 3. The number of halogens is 1. The summed E-state index contributed by atoms with van der Waals surface area (Å²) >= 11 is 7.14. The number of rotatable bonds is 9. The molecule has 1 aromatic heterocycles. The van der Waals surface area contributed by atoms with Gasteiger partial charge in [-0.25, -0.2) is 5.43 Å². The van der Waals surface area contributed by atoms with Crippen LogP contribution in [0.25, 0.3) is 17.1 Å². The van der Waals surface area contributed by atoms with Crippen LogP contribution in [0.3, 0.4) is 0 Å². The Hall–Kier alpha value is -3.82. The van der Waals surface area contributed by atoms with Crippen LogP contribution in [0.5, 0.6) is 11.5 Å². The second kappa shape index (κ2) is 11.5. The van der Waals surface area contributed by atoms with Crippen LogP contribution in [0.1, 0.15) is 5.56 Å². The lowest BCUT2D eigenvalue weighted by Crippen LogP contribution is -2.20. The number of ether oxygens (including phenoxy) is 2. The summed E-state index contributed by atoms with van der Waals surface area (Å²) in [5.74, 6) is 1.65. The van der Waals surface area contributed by atoms with Crippen LogP contribution in [-0.4, -0.2) is 46.9 Å². The Balaban J connectivity index is 1.54. The lowest BCUT2D eigenvalue weighted by Gasteiger charge is -2.12. The second-order valence-electron chi connectivity index (χ2n) is 7.18.